The molecular weight excluding hydrogens is 170 g/mol. The van der Waals surface area contributed by atoms with E-state index >= 15 is 0 Å². The molecule has 0 heterocycles. The third kappa shape index (κ3) is 3.19. The molecular formula is C6H19N3Si2. The summed E-state index contributed by atoms with van der Waals surface area (Å²) in [5.41, 5.74) is 0. The SMILES string of the molecule is C=CN([SiH](C)NC)[SiH](C)NC. The minimum atomic E-state index is -0.907. The molecule has 2 unspecified atom stereocenters. The van der Waals surface area contributed by atoms with Crippen molar-refractivity contribution in [3.05, 3.63) is 12.8 Å². The molecule has 5 heteroatoms. The van der Waals surface area contributed by atoms with Crippen LogP contribution in [0, 0.1) is 0 Å². The molecule has 0 aliphatic carbocycles. The topological polar surface area (TPSA) is 27.3 Å². The molecule has 0 bridgehead atoms. The van der Waals surface area contributed by atoms with Crippen LogP contribution in [0.15, 0.2) is 12.8 Å². The largest absolute Gasteiger partial charge is 0.412 e. The molecule has 0 aromatic carbocycles. The minimum absolute atomic E-state index is 0.907. The Morgan fingerprint density at radius 3 is 1.73 bits per heavy atom. The molecule has 0 spiro atoms. The van der Waals surface area contributed by atoms with Gasteiger partial charge in [-0.1, -0.05) is 6.58 Å². The molecule has 0 radical (unpaired) electrons. The molecule has 3 nitrogen and oxygen atoms in total. The molecule has 0 aliphatic heterocycles. The fourth-order valence-corrected chi connectivity index (χ4v) is 5.76. The lowest BCUT2D eigenvalue weighted by atomic mass is 11.1. The van der Waals surface area contributed by atoms with Gasteiger partial charge in [0.2, 0.25) is 18.2 Å². The summed E-state index contributed by atoms with van der Waals surface area (Å²) < 4.78 is 2.39. The summed E-state index contributed by atoms with van der Waals surface area (Å²) in [5.74, 6) is 0. The summed E-state index contributed by atoms with van der Waals surface area (Å²) in [6.45, 7) is 8.35. The van der Waals surface area contributed by atoms with E-state index in [-0.39, 0.29) is 0 Å². The maximum absolute atomic E-state index is 3.81. The van der Waals surface area contributed by atoms with Crippen molar-refractivity contribution in [3.63, 3.8) is 0 Å². The molecule has 0 amide bonds. The van der Waals surface area contributed by atoms with Gasteiger partial charge in [-0.3, -0.25) is 0 Å². The quantitative estimate of drug-likeness (QED) is 0.575. The Kier molecular flexibility index (Phi) is 5.48. The van der Waals surface area contributed by atoms with Gasteiger partial charge in [0, 0.05) is 0 Å². The molecule has 0 aromatic rings. The molecule has 66 valence electrons. The predicted molar refractivity (Wildman–Crippen MR) is 56.2 cm³/mol. The van der Waals surface area contributed by atoms with Crippen LogP contribution in [-0.2, 0) is 0 Å². The van der Waals surface area contributed by atoms with Crippen LogP contribution in [0.3, 0.4) is 0 Å². The van der Waals surface area contributed by atoms with Crippen molar-refractivity contribution in [3.8, 4) is 0 Å². The van der Waals surface area contributed by atoms with Crippen molar-refractivity contribution in [2.24, 2.45) is 0 Å². The maximum Gasteiger partial charge on any atom is 0.204 e. The van der Waals surface area contributed by atoms with Crippen molar-refractivity contribution in [1.82, 2.24) is 14.2 Å². The van der Waals surface area contributed by atoms with E-state index in [0.717, 1.165) is 0 Å². The van der Waals surface area contributed by atoms with E-state index in [4.69, 9.17) is 0 Å². The third-order valence-electron chi connectivity index (χ3n) is 1.94. The third-order valence-corrected chi connectivity index (χ3v) is 8.51. The second-order valence-electron chi connectivity index (χ2n) is 2.56. The lowest BCUT2D eigenvalue weighted by molar-refractivity contribution is 0.819. The molecule has 2 atom stereocenters. The van der Waals surface area contributed by atoms with Crippen molar-refractivity contribution in [1.29, 1.82) is 0 Å². The second-order valence-corrected chi connectivity index (χ2v) is 8.21. The van der Waals surface area contributed by atoms with Crippen LogP contribution < -0.4 is 9.96 Å². The highest BCUT2D eigenvalue weighted by molar-refractivity contribution is 6.69. The Morgan fingerprint density at radius 2 is 1.55 bits per heavy atom. The first-order valence-electron chi connectivity index (χ1n) is 3.91. The van der Waals surface area contributed by atoms with Crippen LogP contribution in [0.1, 0.15) is 0 Å². The lowest BCUT2D eigenvalue weighted by Crippen LogP contribution is -2.54. The van der Waals surface area contributed by atoms with E-state index in [1.165, 1.54) is 0 Å². The highest BCUT2D eigenvalue weighted by Crippen LogP contribution is 1.94. The van der Waals surface area contributed by atoms with Crippen LogP contribution in [-0.4, -0.2) is 36.6 Å². The van der Waals surface area contributed by atoms with Gasteiger partial charge in [0.15, 0.2) is 0 Å². The Balaban J connectivity index is 4.03. The van der Waals surface area contributed by atoms with Crippen LogP contribution >= 0.6 is 0 Å². The summed E-state index contributed by atoms with van der Waals surface area (Å²) in [7, 11) is 2.22. The first kappa shape index (κ1) is 10.9. The zero-order valence-electron chi connectivity index (χ0n) is 7.89. The van der Waals surface area contributed by atoms with Crippen LogP contribution in [0.2, 0.25) is 13.1 Å². The zero-order valence-corrected chi connectivity index (χ0v) is 10.2. The number of hydrogen-bond donors (Lipinski definition) is 2. The molecule has 11 heavy (non-hydrogen) atoms. The van der Waals surface area contributed by atoms with E-state index < -0.39 is 18.2 Å². The standard InChI is InChI=1S/C6H19N3Si2/c1-6-9(10(4)7-2)11(5)8-3/h6-8,10-11H,1H2,2-5H3. The Morgan fingerprint density at radius 1 is 1.18 bits per heavy atom. The molecule has 0 fully saturated rings. The fourth-order valence-electron chi connectivity index (χ4n) is 0.950. The van der Waals surface area contributed by atoms with Crippen LogP contribution in [0.5, 0.6) is 0 Å². The summed E-state index contributed by atoms with van der Waals surface area (Å²) in [6, 6.07) is 0. The second kappa shape index (κ2) is 5.53. The van der Waals surface area contributed by atoms with Crippen molar-refractivity contribution in [2.45, 2.75) is 13.1 Å². The van der Waals surface area contributed by atoms with Crippen LogP contribution in [0.25, 0.3) is 0 Å². The highest BCUT2D eigenvalue weighted by Gasteiger charge is 2.15. The van der Waals surface area contributed by atoms with Gasteiger partial charge in [0.05, 0.1) is 0 Å². The van der Waals surface area contributed by atoms with E-state index in [1.54, 1.807) is 0 Å². The van der Waals surface area contributed by atoms with E-state index in [1.807, 2.05) is 20.3 Å². The molecule has 0 saturated heterocycles. The number of nitrogens with one attached hydrogen (secondary N) is 2. The molecule has 0 aromatic heterocycles. The fraction of sp³-hybridized carbons (Fsp3) is 0.667. The van der Waals surface area contributed by atoms with Gasteiger partial charge in [-0.05, 0) is 33.4 Å². The first-order valence-corrected chi connectivity index (χ1v) is 8.41. The van der Waals surface area contributed by atoms with Crippen molar-refractivity contribution in [2.75, 3.05) is 14.1 Å². The Hall–Kier alpha value is -0.106. The average Bonchev–Trinajstić information content (AvgIpc) is 2.05. The summed E-state index contributed by atoms with van der Waals surface area (Å²) in [4.78, 5) is 6.64. The normalized spacial score (nSPS) is 15.6. The van der Waals surface area contributed by atoms with Gasteiger partial charge in [0.1, 0.15) is 0 Å². The van der Waals surface area contributed by atoms with E-state index in [2.05, 4.69) is 33.9 Å². The Bertz CT molecular complexity index is 110. The summed E-state index contributed by atoms with van der Waals surface area (Å²) >= 11 is 0. The van der Waals surface area contributed by atoms with Gasteiger partial charge >= 0.3 is 0 Å². The van der Waals surface area contributed by atoms with Crippen molar-refractivity contribution < 1.29 is 0 Å². The zero-order chi connectivity index (χ0) is 8.85. The maximum atomic E-state index is 3.81. The van der Waals surface area contributed by atoms with Gasteiger partial charge in [0.25, 0.3) is 0 Å². The molecule has 0 rings (SSSR count). The predicted octanol–water partition coefficient (Wildman–Crippen LogP) is -0.429. The van der Waals surface area contributed by atoms with Crippen LogP contribution in [0.4, 0.5) is 0 Å². The molecule has 0 aliphatic rings. The van der Waals surface area contributed by atoms with Gasteiger partial charge in [-0.15, -0.1) is 0 Å². The van der Waals surface area contributed by atoms with E-state index in [9.17, 15) is 0 Å². The monoisotopic (exact) mass is 189 g/mol. The van der Waals surface area contributed by atoms with Crippen molar-refractivity contribution >= 4 is 18.2 Å². The number of hydrogen-bond acceptors (Lipinski definition) is 3. The average molecular weight is 189 g/mol. The Labute approximate surface area is 73.0 Å². The summed E-state index contributed by atoms with van der Waals surface area (Å²) in [6.07, 6.45) is 1.96. The number of nitrogens with zero attached hydrogens (tertiary/aromatic N) is 1. The summed E-state index contributed by atoms with van der Waals surface area (Å²) in [5, 5.41) is 0. The van der Waals surface area contributed by atoms with Gasteiger partial charge in [-0.2, -0.15) is 0 Å². The minimum Gasteiger partial charge on any atom is -0.412 e. The molecule has 2 N–H and O–H groups in total. The highest BCUT2D eigenvalue weighted by atomic mass is 28.4. The number of rotatable bonds is 5. The van der Waals surface area contributed by atoms with Gasteiger partial charge < -0.3 is 14.2 Å². The lowest BCUT2D eigenvalue weighted by Gasteiger charge is -2.30. The van der Waals surface area contributed by atoms with E-state index in [0.29, 0.717) is 0 Å². The smallest absolute Gasteiger partial charge is 0.204 e. The first-order chi connectivity index (χ1) is 5.17. The van der Waals surface area contributed by atoms with Gasteiger partial charge in [-0.25, -0.2) is 0 Å². The molecule has 0 saturated carbocycles.